The lowest BCUT2D eigenvalue weighted by Crippen LogP contribution is -2.48. The van der Waals surface area contributed by atoms with Crippen LogP contribution >= 0.6 is 11.6 Å². The number of hydrogen-bond acceptors (Lipinski definition) is 6. The Morgan fingerprint density at radius 1 is 1.10 bits per heavy atom. The van der Waals surface area contributed by atoms with Gasteiger partial charge in [0.1, 0.15) is 18.1 Å². The van der Waals surface area contributed by atoms with Gasteiger partial charge in [-0.1, -0.05) is 23.7 Å². The van der Waals surface area contributed by atoms with Crippen LogP contribution in [0.15, 0.2) is 24.3 Å². The molecule has 0 bridgehead atoms. The summed E-state index contributed by atoms with van der Waals surface area (Å²) < 4.78 is 10.8. The van der Waals surface area contributed by atoms with E-state index in [0.717, 1.165) is 32.7 Å². The minimum Gasteiger partial charge on any atom is -0.491 e. The van der Waals surface area contributed by atoms with Crippen LogP contribution in [0.2, 0.25) is 5.02 Å². The fourth-order valence-corrected chi connectivity index (χ4v) is 4.07. The molecule has 7 nitrogen and oxygen atoms in total. The average Bonchev–Trinajstić information content (AvgIpc) is 3.05. The number of esters is 1. The molecule has 0 amide bonds. The first-order chi connectivity index (χ1) is 14.9. The van der Waals surface area contributed by atoms with Crippen LogP contribution < -0.4 is 4.74 Å². The first kappa shape index (κ1) is 23.3. The summed E-state index contributed by atoms with van der Waals surface area (Å²) in [5.41, 5.74) is 2.34. The number of benzene rings is 1. The number of rotatable bonds is 9. The number of carbonyl (C=O) groups excluding carboxylic acids is 2. The van der Waals surface area contributed by atoms with Crippen molar-refractivity contribution in [3.8, 4) is 5.75 Å². The van der Waals surface area contributed by atoms with Crippen molar-refractivity contribution >= 4 is 23.4 Å². The molecule has 3 rings (SSSR count). The molecule has 1 aliphatic rings. The Morgan fingerprint density at radius 3 is 2.45 bits per heavy atom. The number of Topliss-reactive ketones (excluding diaryl/α,β-unsaturated/α-hetero) is 1. The Bertz CT molecular complexity index is 920. The number of nitrogens with one attached hydrogen (secondary N) is 1. The summed E-state index contributed by atoms with van der Waals surface area (Å²) in [5, 5.41) is 0.618. The highest BCUT2D eigenvalue weighted by Gasteiger charge is 2.25. The first-order valence-electron chi connectivity index (χ1n) is 10.6. The van der Waals surface area contributed by atoms with Crippen molar-refractivity contribution in [3.63, 3.8) is 0 Å². The highest BCUT2D eigenvalue weighted by Crippen LogP contribution is 2.23. The maximum Gasteiger partial charge on any atom is 0.355 e. The zero-order valence-electron chi connectivity index (χ0n) is 18.4. The van der Waals surface area contributed by atoms with Gasteiger partial charge in [-0.15, -0.1) is 0 Å². The molecule has 1 aromatic carbocycles. The van der Waals surface area contributed by atoms with E-state index in [1.54, 1.807) is 13.8 Å². The standard InChI is InChI=1S/C23H30ClN3O4/c1-4-30-23(29)22-16(2)21(17(3)25-22)19(28)15-27-11-9-26(10-12-27)13-14-31-20-8-6-5-7-18(20)24/h5-8,25H,4,9-15H2,1-3H3. The number of ether oxygens (including phenoxy) is 2. The molecule has 1 fully saturated rings. The molecule has 2 heterocycles. The fraction of sp³-hybridized carbons (Fsp3) is 0.478. The number of ketones is 1. The summed E-state index contributed by atoms with van der Waals surface area (Å²) >= 11 is 6.12. The van der Waals surface area contributed by atoms with E-state index in [9.17, 15) is 9.59 Å². The lowest BCUT2D eigenvalue weighted by molar-refractivity contribution is 0.0519. The van der Waals surface area contributed by atoms with Crippen LogP contribution in [0, 0.1) is 13.8 Å². The highest BCUT2D eigenvalue weighted by molar-refractivity contribution is 6.32. The van der Waals surface area contributed by atoms with Crippen molar-refractivity contribution in [2.45, 2.75) is 20.8 Å². The molecular formula is C23H30ClN3O4. The van der Waals surface area contributed by atoms with Gasteiger partial charge in [-0.2, -0.15) is 0 Å². The van der Waals surface area contributed by atoms with Crippen LogP contribution in [-0.2, 0) is 4.74 Å². The molecule has 0 aliphatic carbocycles. The predicted octanol–water partition coefficient (Wildman–Crippen LogP) is 3.34. The number of carbonyl (C=O) groups is 2. The molecule has 0 unspecified atom stereocenters. The van der Waals surface area contributed by atoms with Crippen molar-refractivity contribution in [2.24, 2.45) is 0 Å². The minimum atomic E-state index is -0.422. The summed E-state index contributed by atoms with van der Waals surface area (Å²) in [7, 11) is 0. The number of para-hydroxylation sites is 1. The molecule has 2 aromatic rings. The molecule has 0 radical (unpaired) electrons. The molecule has 8 heteroatoms. The summed E-state index contributed by atoms with van der Waals surface area (Å²) in [5.74, 6) is 0.305. The Balaban J connectivity index is 1.47. The number of H-pyrrole nitrogens is 1. The third-order valence-electron chi connectivity index (χ3n) is 5.53. The van der Waals surface area contributed by atoms with Gasteiger partial charge in [0, 0.05) is 44.0 Å². The fourth-order valence-electron chi connectivity index (χ4n) is 3.88. The molecule has 0 atom stereocenters. The maximum absolute atomic E-state index is 12.9. The zero-order chi connectivity index (χ0) is 22.4. The third kappa shape index (κ3) is 5.87. The summed E-state index contributed by atoms with van der Waals surface area (Å²) in [4.78, 5) is 32.5. The molecule has 1 aromatic heterocycles. The van der Waals surface area contributed by atoms with Crippen LogP contribution in [-0.4, -0.2) is 79.0 Å². The summed E-state index contributed by atoms with van der Waals surface area (Å²) in [6, 6.07) is 7.46. The molecule has 31 heavy (non-hydrogen) atoms. The van der Waals surface area contributed by atoms with Crippen LogP contribution in [0.1, 0.15) is 39.0 Å². The van der Waals surface area contributed by atoms with Gasteiger partial charge in [-0.3, -0.25) is 14.6 Å². The number of piperazine rings is 1. The second-order valence-electron chi connectivity index (χ2n) is 7.67. The van der Waals surface area contributed by atoms with Gasteiger partial charge < -0.3 is 14.5 Å². The quantitative estimate of drug-likeness (QED) is 0.469. The van der Waals surface area contributed by atoms with Gasteiger partial charge in [-0.25, -0.2) is 4.79 Å². The smallest absolute Gasteiger partial charge is 0.355 e. The molecule has 1 aliphatic heterocycles. The van der Waals surface area contributed by atoms with Gasteiger partial charge in [0.15, 0.2) is 5.78 Å². The van der Waals surface area contributed by atoms with E-state index < -0.39 is 5.97 Å². The Labute approximate surface area is 188 Å². The topological polar surface area (TPSA) is 74.9 Å². The molecule has 0 spiro atoms. The molecule has 1 N–H and O–H groups in total. The number of aromatic nitrogens is 1. The van der Waals surface area contributed by atoms with Gasteiger partial charge >= 0.3 is 5.97 Å². The predicted molar refractivity (Wildman–Crippen MR) is 120 cm³/mol. The second kappa shape index (κ2) is 10.8. The lowest BCUT2D eigenvalue weighted by Gasteiger charge is -2.34. The van der Waals surface area contributed by atoms with Gasteiger partial charge in [0.25, 0.3) is 0 Å². The van der Waals surface area contributed by atoms with E-state index in [4.69, 9.17) is 21.1 Å². The molecule has 1 saturated heterocycles. The number of halogens is 1. The van der Waals surface area contributed by atoms with Crippen molar-refractivity contribution in [3.05, 3.63) is 51.8 Å². The monoisotopic (exact) mass is 447 g/mol. The summed E-state index contributed by atoms with van der Waals surface area (Å²) in [6.45, 7) is 10.8. The van der Waals surface area contributed by atoms with Crippen LogP contribution in [0.4, 0.5) is 0 Å². The lowest BCUT2D eigenvalue weighted by atomic mass is 10.0. The number of aryl methyl sites for hydroxylation is 1. The van der Waals surface area contributed by atoms with Crippen molar-refractivity contribution in [2.75, 3.05) is 52.5 Å². The van der Waals surface area contributed by atoms with Crippen LogP contribution in [0.5, 0.6) is 5.75 Å². The van der Waals surface area contributed by atoms with E-state index in [-0.39, 0.29) is 5.78 Å². The molecule has 168 valence electrons. The third-order valence-corrected chi connectivity index (χ3v) is 5.84. The number of aromatic amines is 1. The van der Waals surface area contributed by atoms with E-state index in [2.05, 4.69) is 14.8 Å². The summed E-state index contributed by atoms with van der Waals surface area (Å²) in [6.07, 6.45) is 0. The van der Waals surface area contributed by atoms with Gasteiger partial charge in [0.2, 0.25) is 0 Å². The largest absolute Gasteiger partial charge is 0.491 e. The van der Waals surface area contributed by atoms with E-state index in [0.29, 0.717) is 53.0 Å². The van der Waals surface area contributed by atoms with Crippen LogP contribution in [0.3, 0.4) is 0 Å². The highest BCUT2D eigenvalue weighted by atomic mass is 35.5. The maximum atomic E-state index is 12.9. The SMILES string of the molecule is CCOC(=O)c1[nH]c(C)c(C(=O)CN2CCN(CCOc3ccccc3Cl)CC2)c1C. The Hall–Kier alpha value is -2.35. The van der Waals surface area contributed by atoms with E-state index in [1.165, 1.54) is 0 Å². The second-order valence-corrected chi connectivity index (χ2v) is 8.07. The zero-order valence-corrected chi connectivity index (χ0v) is 19.1. The average molecular weight is 448 g/mol. The van der Waals surface area contributed by atoms with Gasteiger partial charge in [-0.05, 0) is 38.5 Å². The Morgan fingerprint density at radius 2 is 1.77 bits per heavy atom. The van der Waals surface area contributed by atoms with Crippen molar-refractivity contribution in [1.29, 1.82) is 0 Å². The number of nitrogens with zero attached hydrogens (tertiary/aromatic N) is 2. The van der Waals surface area contributed by atoms with Gasteiger partial charge in [0.05, 0.1) is 18.2 Å². The van der Waals surface area contributed by atoms with E-state index in [1.807, 2.05) is 31.2 Å². The van der Waals surface area contributed by atoms with Crippen molar-refractivity contribution < 1.29 is 19.1 Å². The number of hydrogen-bond donors (Lipinski definition) is 1. The molecular weight excluding hydrogens is 418 g/mol. The van der Waals surface area contributed by atoms with Crippen LogP contribution in [0.25, 0.3) is 0 Å². The Kier molecular flexibility index (Phi) is 8.12. The van der Waals surface area contributed by atoms with Crippen molar-refractivity contribution in [1.82, 2.24) is 14.8 Å². The molecule has 0 saturated carbocycles. The normalized spacial score (nSPS) is 15.1. The minimum absolute atomic E-state index is 0.0253. The van der Waals surface area contributed by atoms with E-state index >= 15 is 0 Å². The first-order valence-corrected chi connectivity index (χ1v) is 11.0.